The van der Waals surface area contributed by atoms with Crippen LogP contribution in [0.5, 0.6) is 0 Å². The maximum absolute atomic E-state index is 12.1. The molecule has 1 aromatic heterocycles. The molecule has 4 N–H and O–H groups in total. The molecule has 0 spiro atoms. The molecule has 1 aromatic rings. The van der Waals surface area contributed by atoms with Crippen molar-refractivity contribution in [3.05, 3.63) is 11.4 Å². The van der Waals surface area contributed by atoms with Gasteiger partial charge in [-0.15, -0.1) is 0 Å². The van der Waals surface area contributed by atoms with Gasteiger partial charge in [0.2, 0.25) is 0 Å². The zero-order chi connectivity index (χ0) is 13.2. The van der Waals surface area contributed by atoms with Crippen LogP contribution >= 0.6 is 0 Å². The van der Waals surface area contributed by atoms with Gasteiger partial charge >= 0.3 is 0 Å². The number of H-pyrrole nitrogens is 1. The predicted molar refractivity (Wildman–Crippen MR) is 70.9 cm³/mol. The first-order valence-electron chi connectivity index (χ1n) is 6.95. The molecule has 2 fully saturated rings. The summed E-state index contributed by atoms with van der Waals surface area (Å²) in [6.45, 7) is 2.19. The maximum Gasteiger partial charge on any atom is 0.273 e. The third kappa shape index (κ3) is 2.73. The van der Waals surface area contributed by atoms with Crippen LogP contribution in [0.15, 0.2) is 0 Å². The van der Waals surface area contributed by atoms with Gasteiger partial charge in [-0.1, -0.05) is 0 Å². The number of nitrogens with one attached hydrogen (secondary N) is 2. The van der Waals surface area contributed by atoms with Crippen molar-refractivity contribution >= 4 is 11.6 Å². The summed E-state index contributed by atoms with van der Waals surface area (Å²) in [5.41, 5.74) is 7.74. The van der Waals surface area contributed by atoms with Crippen molar-refractivity contribution in [1.29, 1.82) is 0 Å². The van der Waals surface area contributed by atoms with Gasteiger partial charge in [0.1, 0.15) is 0 Å². The predicted octanol–water partition coefficient (Wildman–Crippen LogP) is 1.03. The Kier molecular flexibility index (Phi) is 3.42. The first-order valence-corrected chi connectivity index (χ1v) is 6.95. The molecule has 0 bridgehead atoms. The monoisotopic (exact) mass is 264 g/mol. The quantitative estimate of drug-likeness (QED) is 0.757. The number of carbonyl (C=O) groups excluding carboxylic acids is 1. The van der Waals surface area contributed by atoms with Crippen LogP contribution in [-0.4, -0.2) is 35.9 Å². The van der Waals surface area contributed by atoms with E-state index in [1.165, 1.54) is 0 Å². The Morgan fingerprint density at radius 2 is 2.32 bits per heavy atom. The van der Waals surface area contributed by atoms with Gasteiger partial charge in [-0.05, 0) is 31.6 Å². The largest absolute Gasteiger partial charge is 0.395 e. The van der Waals surface area contributed by atoms with Crippen LogP contribution in [0.2, 0.25) is 0 Å². The summed E-state index contributed by atoms with van der Waals surface area (Å²) in [4.78, 5) is 12.1. The van der Waals surface area contributed by atoms with E-state index in [0.717, 1.165) is 44.6 Å². The Hall–Kier alpha value is -1.56. The van der Waals surface area contributed by atoms with E-state index >= 15 is 0 Å². The minimum Gasteiger partial charge on any atom is -0.395 e. The van der Waals surface area contributed by atoms with Crippen LogP contribution in [0, 0.1) is 5.92 Å². The Labute approximate surface area is 112 Å². The Morgan fingerprint density at radius 3 is 3.00 bits per heavy atom. The molecule has 1 unspecified atom stereocenters. The second-order valence-electron chi connectivity index (χ2n) is 5.47. The van der Waals surface area contributed by atoms with Crippen molar-refractivity contribution in [1.82, 2.24) is 15.5 Å². The molecule has 1 saturated heterocycles. The van der Waals surface area contributed by atoms with Gasteiger partial charge in [0.05, 0.1) is 18.0 Å². The van der Waals surface area contributed by atoms with E-state index < -0.39 is 0 Å². The van der Waals surface area contributed by atoms with Crippen LogP contribution in [-0.2, 0) is 4.74 Å². The number of nitrogens with zero attached hydrogens (tertiary/aromatic N) is 1. The molecule has 1 aliphatic carbocycles. The Morgan fingerprint density at radius 1 is 1.47 bits per heavy atom. The van der Waals surface area contributed by atoms with E-state index in [4.69, 9.17) is 10.5 Å². The summed E-state index contributed by atoms with van der Waals surface area (Å²) in [5.74, 6) is 0.688. The van der Waals surface area contributed by atoms with Crippen LogP contribution in [0.4, 0.5) is 5.69 Å². The lowest BCUT2D eigenvalue weighted by Gasteiger charge is -2.21. The third-order valence-electron chi connectivity index (χ3n) is 3.84. The number of hydrogen-bond acceptors (Lipinski definition) is 4. The molecule has 19 heavy (non-hydrogen) atoms. The zero-order valence-corrected chi connectivity index (χ0v) is 10.9. The minimum absolute atomic E-state index is 0.189. The highest BCUT2D eigenvalue weighted by Gasteiger charge is 2.30. The van der Waals surface area contributed by atoms with Gasteiger partial charge in [-0.25, -0.2) is 0 Å². The lowest BCUT2D eigenvalue weighted by Crippen LogP contribution is -2.33. The molecule has 1 atom stereocenters. The molecule has 2 heterocycles. The van der Waals surface area contributed by atoms with Crippen molar-refractivity contribution in [2.24, 2.45) is 5.92 Å². The van der Waals surface area contributed by atoms with E-state index in [1.54, 1.807) is 0 Å². The molecule has 6 heteroatoms. The van der Waals surface area contributed by atoms with Crippen LogP contribution in [0.1, 0.15) is 47.8 Å². The third-order valence-corrected chi connectivity index (χ3v) is 3.84. The van der Waals surface area contributed by atoms with Crippen LogP contribution in [0.25, 0.3) is 0 Å². The summed E-state index contributed by atoms with van der Waals surface area (Å²) in [6, 6.07) is 0. The molecule has 1 amide bonds. The number of hydrogen-bond donors (Lipinski definition) is 3. The van der Waals surface area contributed by atoms with Gasteiger partial charge in [0.15, 0.2) is 5.69 Å². The fourth-order valence-electron chi connectivity index (χ4n) is 2.51. The number of ether oxygens (including phenoxy) is 1. The molecule has 6 nitrogen and oxygen atoms in total. The summed E-state index contributed by atoms with van der Waals surface area (Å²) in [7, 11) is 0. The van der Waals surface area contributed by atoms with Crippen molar-refractivity contribution in [3.63, 3.8) is 0 Å². The summed E-state index contributed by atoms with van der Waals surface area (Å²) >= 11 is 0. The topological polar surface area (TPSA) is 93.0 Å². The lowest BCUT2D eigenvalue weighted by molar-refractivity contribution is 0.0536. The van der Waals surface area contributed by atoms with Gasteiger partial charge in [-0.2, -0.15) is 5.10 Å². The zero-order valence-electron chi connectivity index (χ0n) is 10.9. The SMILES string of the molecule is Nc1c(C(=O)NCC2CCCOC2)n[nH]c1C1CC1. The van der Waals surface area contributed by atoms with Crippen molar-refractivity contribution < 1.29 is 9.53 Å². The number of amides is 1. The summed E-state index contributed by atoms with van der Waals surface area (Å²) in [5, 5.41) is 9.84. The van der Waals surface area contributed by atoms with Crippen molar-refractivity contribution in [2.75, 3.05) is 25.5 Å². The maximum atomic E-state index is 12.1. The first kappa shape index (κ1) is 12.5. The van der Waals surface area contributed by atoms with Crippen molar-refractivity contribution in [3.8, 4) is 0 Å². The van der Waals surface area contributed by atoms with Crippen LogP contribution in [0.3, 0.4) is 0 Å². The second-order valence-corrected chi connectivity index (χ2v) is 5.47. The fourth-order valence-corrected chi connectivity index (χ4v) is 2.51. The molecule has 1 aliphatic heterocycles. The minimum atomic E-state index is -0.189. The van der Waals surface area contributed by atoms with Crippen LogP contribution < -0.4 is 11.1 Å². The smallest absolute Gasteiger partial charge is 0.273 e. The lowest BCUT2D eigenvalue weighted by atomic mass is 10.0. The second kappa shape index (κ2) is 5.21. The highest BCUT2D eigenvalue weighted by atomic mass is 16.5. The molecule has 2 aliphatic rings. The van der Waals surface area contributed by atoms with Gasteiger partial charge in [0.25, 0.3) is 5.91 Å². The average molecular weight is 264 g/mol. The number of rotatable bonds is 4. The highest BCUT2D eigenvalue weighted by molar-refractivity contribution is 5.97. The molecular weight excluding hydrogens is 244 g/mol. The van der Waals surface area contributed by atoms with E-state index in [9.17, 15) is 4.79 Å². The Balaban J connectivity index is 1.57. The number of aromatic nitrogens is 2. The summed E-state index contributed by atoms with van der Waals surface area (Å²) in [6.07, 6.45) is 4.43. The van der Waals surface area contributed by atoms with E-state index in [0.29, 0.717) is 29.8 Å². The summed E-state index contributed by atoms with van der Waals surface area (Å²) < 4.78 is 5.39. The number of aromatic amines is 1. The molecule has 0 radical (unpaired) electrons. The number of nitrogen functional groups attached to an aromatic ring is 1. The van der Waals surface area contributed by atoms with E-state index in [1.807, 2.05) is 0 Å². The molecule has 0 aromatic carbocycles. The molecule has 1 saturated carbocycles. The molecule has 104 valence electrons. The van der Waals surface area contributed by atoms with Crippen molar-refractivity contribution in [2.45, 2.75) is 31.6 Å². The molecule has 3 rings (SSSR count). The average Bonchev–Trinajstić information content (AvgIpc) is 3.20. The van der Waals surface area contributed by atoms with Gasteiger partial charge < -0.3 is 15.8 Å². The van der Waals surface area contributed by atoms with Gasteiger partial charge in [0, 0.05) is 19.1 Å². The first-order chi connectivity index (χ1) is 9.25. The van der Waals surface area contributed by atoms with E-state index in [-0.39, 0.29) is 5.91 Å². The number of anilines is 1. The Bertz CT molecular complexity index is 461. The molecular formula is C13H20N4O2. The fraction of sp³-hybridized carbons (Fsp3) is 0.692. The van der Waals surface area contributed by atoms with E-state index in [2.05, 4.69) is 15.5 Å². The number of carbonyl (C=O) groups is 1. The number of nitrogens with two attached hydrogens (primary N) is 1. The highest BCUT2D eigenvalue weighted by Crippen LogP contribution is 2.42. The van der Waals surface area contributed by atoms with Gasteiger partial charge in [-0.3, -0.25) is 9.89 Å². The standard InChI is InChI=1S/C13H20N4O2/c14-10-11(9-3-4-9)16-17-12(10)13(18)15-6-8-2-1-5-19-7-8/h8-9H,1-7,14H2,(H,15,18)(H,16,17). The normalized spacial score (nSPS) is 23.3.